The van der Waals surface area contributed by atoms with E-state index in [1.807, 2.05) is 13.0 Å². The molecule has 174 valence electrons. The second kappa shape index (κ2) is 12.9. The first kappa shape index (κ1) is 26.3. The maximum atomic E-state index is 12.7. The molecule has 0 saturated carbocycles. The fourth-order valence-corrected chi connectivity index (χ4v) is 4.57. The zero-order chi connectivity index (χ0) is 23.0. The van der Waals surface area contributed by atoms with Gasteiger partial charge >= 0.3 is 5.97 Å². The molecule has 0 aromatic carbocycles. The van der Waals surface area contributed by atoms with Crippen LogP contribution in [0.4, 0.5) is 0 Å². The highest BCUT2D eigenvalue weighted by Crippen LogP contribution is 2.31. The van der Waals surface area contributed by atoms with Crippen molar-refractivity contribution in [2.75, 3.05) is 0 Å². The van der Waals surface area contributed by atoms with Crippen molar-refractivity contribution < 1.29 is 29.6 Å². The first-order valence-electron chi connectivity index (χ1n) is 10.9. The highest BCUT2D eigenvalue weighted by molar-refractivity contribution is 14.1. The first-order chi connectivity index (χ1) is 14.7. The molecule has 0 spiro atoms. The van der Waals surface area contributed by atoms with E-state index in [9.17, 15) is 20.1 Å². The SMILES string of the molecule is C=C(I)C[C@@H](C)C1OC(=O)[C@H](C)/C=C/C=C[C@@H](O)C(O)/C=C\CC[C@H]2CC[C@H](O2)[C@H]1O. The number of cyclic esters (lactones) is 1. The summed E-state index contributed by atoms with van der Waals surface area (Å²) in [7, 11) is 0. The number of aliphatic hydroxyl groups is 3. The van der Waals surface area contributed by atoms with Gasteiger partial charge in [-0.05, 0) is 65.2 Å². The fourth-order valence-electron chi connectivity index (χ4n) is 3.87. The summed E-state index contributed by atoms with van der Waals surface area (Å²) in [6, 6.07) is 0. The molecular formula is C24H35IO6. The molecule has 0 radical (unpaired) electrons. The molecule has 1 saturated heterocycles. The Labute approximate surface area is 198 Å². The average Bonchev–Trinajstić information content (AvgIpc) is 3.19. The number of halogens is 1. The summed E-state index contributed by atoms with van der Waals surface area (Å²) < 4.78 is 12.8. The van der Waals surface area contributed by atoms with Crippen LogP contribution in [0.25, 0.3) is 0 Å². The van der Waals surface area contributed by atoms with E-state index in [4.69, 9.17) is 9.47 Å². The summed E-state index contributed by atoms with van der Waals surface area (Å²) in [6.45, 7) is 7.60. The van der Waals surface area contributed by atoms with Crippen LogP contribution in [0.2, 0.25) is 0 Å². The molecule has 2 unspecified atom stereocenters. The Kier molecular flexibility index (Phi) is 10.9. The van der Waals surface area contributed by atoms with Crippen molar-refractivity contribution in [2.24, 2.45) is 11.8 Å². The van der Waals surface area contributed by atoms with E-state index in [-0.39, 0.29) is 12.0 Å². The normalized spacial score (nSPS) is 38.5. The monoisotopic (exact) mass is 546 g/mol. The third-order valence-corrected chi connectivity index (χ3v) is 6.18. The number of aliphatic hydroxyl groups excluding tert-OH is 3. The molecule has 0 aromatic heterocycles. The fraction of sp³-hybridized carbons (Fsp3) is 0.625. The van der Waals surface area contributed by atoms with Crippen LogP contribution in [0.3, 0.4) is 0 Å². The lowest BCUT2D eigenvalue weighted by Crippen LogP contribution is -2.44. The molecule has 3 N–H and O–H groups in total. The second-order valence-corrected chi connectivity index (χ2v) is 10.0. The van der Waals surface area contributed by atoms with Crippen molar-refractivity contribution >= 4 is 28.6 Å². The molecular weight excluding hydrogens is 511 g/mol. The lowest BCUT2D eigenvalue weighted by molar-refractivity contribution is -0.170. The second-order valence-electron chi connectivity index (χ2n) is 8.51. The molecule has 8 atom stereocenters. The smallest absolute Gasteiger partial charge is 0.312 e. The molecule has 2 rings (SSSR count). The van der Waals surface area contributed by atoms with Crippen LogP contribution in [0.1, 0.15) is 46.0 Å². The van der Waals surface area contributed by atoms with E-state index >= 15 is 0 Å². The van der Waals surface area contributed by atoms with Crippen molar-refractivity contribution in [3.8, 4) is 0 Å². The van der Waals surface area contributed by atoms with E-state index in [0.717, 1.165) is 16.4 Å². The number of fused-ring (bicyclic) bond motifs is 2. The predicted octanol–water partition coefficient (Wildman–Crippen LogP) is 3.60. The third-order valence-electron chi connectivity index (χ3n) is 5.74. The summed E-state index contributed by atoms with van der Waals surface area (Å²) in [6.07, 6.45) is 9.35. The highest BCUT2D eigenvalue weighted by Gasteiger charge is 2.39. The minimum atomic E-state index is -1.03. The van der Waals surface area contributed by atoms with Crippen LogP contribution >= 0.6 is 22.6 Å². The highest BCUT2D eigenvalue weighted by atomic mass is 127. The third kappa shape index (κ3) is 8.46. The summed E-state index contributed by atoms with van der Waals surface area (Å²) in [5, 5.41) is 31.1. The maximum absolute atomic E-state index is 12.7. The van der Waals surface area contributed by atoms with Gasteiger partial charge in [-0.3, -0.25) is 4.79 Å². The number of esters is 1. The van der Waals surface area contributed by atoms with E-state index in [0.29, 0.717) is 19.3 Å². The Hall–Kier alpha value is -1.00. The van der Waals surface area contributed by atoms with Crippen molar-refractivity contribution in [3.63, 3.8) is 0 Å². The van der Waals surface area contributed by atoms with Crippen LogP contribution < -0.4 is 0 Å². The first-order valence-corrected chi connectivity index (χ1v) is 12.0. The Morgan fingerprint density at radius 1 is 1.16 bits per heavy atom. The molecule has 2 heterocycles. The lowest BCUT2D eigenvalue weighted by atomic mass is 9.92. The average molecular weight is 546 g/mol. The van der Waals surface area contributed by atoms with Gasteiger partial charge in [0.15, 0.2) is 0 Å². The molecule has 0 aliphatic carbocycles. The molecule has 6 nitrogen and oxygen atoms in total. The van der Waals surface area contributed by atoms with Crippen molar-refractivity contribution in [1.82, 2.24) is 0 Å². The standard InChI is InChI=1S/C24H35IO6/c1-15-8-4-6-10-19(26)20(27)11-7-5-9-18-12-13-21(30-18)22(28)23(31-24(15)29)16(2)14-17(3)25/h4,6-8,10-11,15-16,18-23,26-28H,3,5,9,12-14H2,1-2H3/b8-4+,10-6?,11-7-/t15-,16-,18+,19-,20?,21+,22-,23?/m1/s1. The number of carbonyl (C=O) groups is 1. The van der Waals surface area contributed by atoms with E-state index in [1.54, 1.807) is 31.2 Å². The Balaban J connectivity index is 2.23. The zero-order valence-corrected chi connectivity index (χ0v) is 20.4. The van der Waals surface area contributed by atoms with Crippen LogP contribution in [0.15, 0.2) is 46.6 Å². The van der Waals surface area contributed by atoms with E-state index < -0.39 is 42.4 Å². The Morgan fingerprint density at radius 3 is 2.55 bits per heavy atom. The van der Waals surface area contributed by atoms with Crippen molar-refractivity contribution in [3.05, 3.63) is 46.6 Å². The molecule has 2 aliphatic rings. The van der Waals surface area contributed by atoms with E-state index in [1.165, 1.54) is 6.08 Å². The van der Waals surface area contributed by atoms with Gasteiger partial charge < -0.3 is 24.8 Å². The topological polar surface area (TPSA) is 96.2 Å². The van der Waals surface area contributed by atoms with Gasteiger partial charge in [-0.15, -0.1) is 0 Å². The van der Waals surface area contributed by atoms with Gasteiger partial charge in [-0.1, -0.05) is 50.0 Å². The van der Waals surface area contributed by atoms with Crippen LogP contribution in [-0.4, -0.2) is 57.9 Å². The van der Waals surface area contributed by atoms with Gasteiger partial charge in [0.05, 0.1) is 18.1 Å². The number of ether oxygens (including phenoxy) is 2. The molecule has 31 heavy (non-hydrogen) atoms. The molecule has 1 fully saturated rings. The Bertz CT molecular complexity index is 688. The largest absolute Gasteiger partial charge is 0.459 e. The Morgan fingerprint density at radius 2 is 1.84 bits per heavy atom. The number of allylic oxidation sites excluding steroid dienone is 4. The van der Waals surface area contributed by atoms with Crippen LogP contribution in [-0.2, 0) is 14.3 Å². The van der Waals surface area contributed by atoms with Crippen LogP contribution in [0.5, 0.6) is 0 Å². The summed E-state index contributed by atoms with van der Waals surface area (Å²) in [4.78, 5) is 12.7. The lowest BCUT2D eigenvalue weighted by Gasteiger charge is -2.32. The van der Waals surface area contributed by atoms with Gasteiger partial charge in [0.1, 0.15) is 24.4 Å². The minimum absolute atomic E-state index is 0.00167. The number of carbonyl (C=O) groups excluding carboxylic acids is 1. The molecule has 7 heteroatoms. The summed E-state index contributed by atoms with van der Waals surface area (Å²) in [5.41, 5.74) is 0. The van der Waals surface area contributed by atoms with Gasteiger partial charge in [-0.2, -0.15) is 0 Å². The summed E-state index contributed by atoms with van der Waals surface area (Å²) >= 11 is 2.15. The van der Waals surface area contributed by atoms with Crippen molar-refractivity contribution in [1.29, 1.82) is 0 Å². The van der Waals surface area contributed by atoms with Gasteiger partial charge in [0.2, 0.25) is 0 Å². The van der Waals surface area contributed by atoms with Crippen LogP contribution in [0, 0.1) is 11.8 Å². The maximum Gasteiger partial charge on any atom is 0.312 e. The minimum Gasteiger partial charge on any atom is -0.459 e. The molecule has 0 amide bonds. The number of rotatable bonds is 3. The molecule has 2 aliphatic heterocycles. The van der Waals surface area contributed by atoms with Gasteiger partial charge in [-0.25, -0.2) is 0 Å². The summed E-state index contributed by atoms with van der Waals surface area (Å²) in [5.74, 6) is -1.07. The molecule has 2 bridgehead atoms. The number of hydrogen-bond acceptors (Lipinski definition) is 6. The van der Waals surface area contributed by atoms with E-state index in [2.05, 4.69) is 29.2 Å². The molecule has 0 aromatic rings. The number of hydrogen-bond donors (Lipinski definition) is 3. The predicted molar refractivity (Wildman–Crippen MR) is 129 cm³/mol. The van der Waals surface area contributed by atoms with Crippen molar-refractivity contribution in [2.45, 2.75) is 82.6 Å². The van der Waals surface area contributed by atoms with Gasteiger partial charge in [0.25, 0.3) is 0 Å². The quantitative estimate of drug-likeness (QED) is 0.285. The zero-order valence-electron chi connectivity index (χ0n) is 18.3. The van der Waals surface area contributed by atoms with Gasteiger partial charge in [0, 0.05) is 5.92 Å².